The molecule has 0 radical (unpaired) electrons. The summed E-state index contributed by atoms with van der Waals surface area (Å²) in [6.07, 6.45) is 3.01. The second-order valence-corrected chi connectivity index (χ2v) is 7.09. The lowest BCUT2D eigenvalue weighted by molar-refractivity contribution is 0.112. The van der Waals surface area contributed by atoms with Crippen molar-refractivity contribution in [3.63, 3.8) is 0 Å². The van der Waals surface area contributed by atoms with Crippen molar-refractivity contribution in [2.45, 2.75) is 26.5 Å². The predicted molar refractivity (Wildman–Crippen MR) is 110 cm³/mol. The van der Waals surface area contributed by atoms with E-state index in [9.17, 15) is 18.7 Å². The third kappa shape index (κ3) is 3.84. The molecular weight excluding hydrogens is 406 g/mol. The van der Waals surface area contributed by atoms with Gasteiger partial charge in [-0.05, 0) is 38.1 Å². The quantitative estimate of drug-likeness (QED) is 0.454. The molecule has 3 aromatic heterocycles. The number of nitrogens with zero attached hydrogens (tertiary/aromatic N) is 5. The minimum absolute atomic E-state index is 0.0525. The van der Waals surface area contributed by atoms with Crippen LogP contribution in [0.15, 0.2) is 36.7 Å². The van der Waals surface area contributed by atoms with Gasteiger partial charge in [-0.1, -0.05) is 0 Å². The van der Waals surface area contributed by atoms with E-state index in [0.29, 0.717) is 29.0 Å². The Labute approximate surface area is 175 Å². The highest BCUT2D eigenvalue weighted by Crippen LogP contribution is 2.30. The van der Waals surface area contributed by atoms with Crippen LogP contribution in [0.3, 0.4) is 0 Å². The predicted octanol–water partition coefficient (Wildman–Crippen LogP) is 3.80. The fourth-order valence-electron chi connectivity index (χ4n) is 3.32. The number of fused-ring (bicyclic) bond motifs is 1. The minimum Gasteiger partial charge on any atom is -0.388 e. The zero-order chi connectivity index (χ0) is 22.1. The lowest BCUT2D eigenvalue weighted by Crippen LogP contribution is -2.06. The Balaban J connectivity index is 1.78. The topological polar surface area (TPSA) is 106 Å². The molecule has 0 aliphatic rings. The monoisotopic (exact) mass is 424 g/mol. The fraction of sp³-hybridized carbons (Fsp3) is 0.190. The molecule has 0 atom stereocenters. The molecule has 4 rings (SSSR count). The van der Waals surface area contributed by atoms with Gasteiger partial charge in [-0.15, -0.1) is 0 Å². The number of pyridine rings is 1. The maximum absolute atomic E-state index is 14.8. The summed E-state index contributed by atoms with van der Waals surface area (Å²) in [4.78, 5) is 27.0. The maximum atomic E-state index is 14.8. The van der Waals surface area contributed by atoms with Crippen LogP contribution < -0.4 is 5.32 Å². The molecule has 0 bridgehead atoms. The van der Waals surface area contributed by atoms with Crippen LogP contribution in [0.25, 0.3) is 22.3 Å². The van der Waals surface area contributed by atoms with E-state index in [2.05, 4.69) is 25.3 Å². The Bertz CT molecular complexity index is 1270. The largest absolute Gasteiger partial charge is 0.388 e. The third-order valence-electron chi connectivity index (χ3n) is 4.66. The first-order valence-electron chi connectivity index (χ1n) is 9.43. The van der Waals surface area contributed by atoms with E-state index >= 15 is 0 Å². The number of carbonyl (C=O) groups excluding carboxylic acids is 1. The summed E-state index contributed by atoms with van der Waals surface area (Å²) in [5, 5.41) is 12.4. The van der Waals surface area contributed by atoms with E-state index in [0.717, 1.165) is 12.3 Å². The molecule has 0 unspecified atom stereocenters. The van der Waals surface area contributed by atoms with Crippen molar-refractivity contribution >= 4 is 29.1 Å². The van der Waals surface area contributed by atoms with Crippen LogP contribution in [0.2, 0.25) is 0 Å². The number of anilines is 2. The van der Waals surface area contributed by atoms with E-state index < -0.39 is 11.6 Å². The van der Waals surface area contributed by atoms with Gasteiger partial charge >= 0.3 is 0 Å². The molecule has 158 valence electrons. The molecule has 0 aliphatic carbocycles. The highest BCUT2D eigenvalue weighted by Gasteiger charge is 2.19. The number of aliphatic hydroxyl groups excluding tert-OH is 1. The molecule has 0 saturated heterocycles. The first-order chi connectivity index (χ1) is 14.9. The summed E-state index contributed by atoms with van der Waals surface area (Å²) in [7, 11) is 0. The zero-order valence-corrected chi connectivity index (χ0v) is 16.7. The minimum atomic E-state index is -0.730. The fourth-order valence-corrected chi connectivity index (χ4v) is 3.32. The summed E-state index contributed by atoms with van der Waals surface area (Å²) in [6, 6.07) is 5.74. The standard InChI is InChI=1S/C21H18F2N6O2/c1-11(2)29-16-6-13(5-14(22)20(16)27-18(29)10-31)19-15(23)8-25-21(28-19)26-17-4-3-12(9-30)7-24-17/h3-9,11,31H,10H2,1-2H3,(H,24,25,26,28). The number of aliphatic hydroxyl groups is 1. The number of imidazole rings is 1. The van der Waals surface area contributed by atoms with Crippen LogP contribution >= 0.6 is 0 Å². The average Bonchev–Trinajstić information content (AvgIpc) is 3.15. The van der Waals surface area contributed by atoms with E-state index in [4.69, 9.17) is 0 Å². The lowest BCUT2D eigenvalue weighted by atomic mass is 10.1. The molecule has 0 aliphatic heterocycles. The zero-order valence-electron chi connectivity index (χ0n) is 16.7. The van der Waals surface area contributed by atoms with Gasteiger partial charge in [-0.2, -0.15) is 0 Å². The molecule has 0 amide bonds. The maximum Gasteiger partial charge on any atom is 0.229 e. The number of rotatable bonds is 6. The third-order valence-corrected chi connectivity index (χ3v) is 4.66. The van der Waals surface area contributed by atoms with Crippen molar-refractivity contribution in [1.82, 2.24) is 24.5 Å². The molecule has 0 spiro atoms. The summed E-state index contributed by atoms with van der Waals surface area (Å²) in [5.41, 5.74) is 1.01. The summed E-state index contributed by atoms with van der Waals surface area (Å²) < 4.78 is 31.1. The Kier molecular flexibility index (Phi) is 5.38. The average molecular weight is 424 g/mol. The van der Waals surface area contributed by atoms with Crippen molar-refractivity contribution in [2.24, 2.45) is 0 Å². The Hall–Kier alpha value is -3.79. The van der Waals surface area contributed by atoms with Gasteiger partial charge in [0.25, 0.3) is 0 Å². The number of aromatic nitrogens is 5. The number of benzene rings is 1. The molecule has 1 aromatic carbocycles. The van der Waals surface area contributed by atoms with Crippen LogP contribution in [-0.4, -0.2) is 35.9 Å². The number of nitrogens with one attached hydrogen (secondary N) is 1. The molecule has 0 fully saturated rings. The Morgan fingerprint density at radius 1 is 1.13 bits per heavy atom. The molecule has 4 aromatic rings. The number of carbonyl (C=O) groups is 1. The van der Waals surface area contributed by atoms with E-state index in [1.807, 2.05) is 13.8 Å². The van der Waals surface area contributed by atoms with E-state index in [1.54, 1.807) is 22.8 Å². The number of hydrogen-bond donors (Lipinski definition) is 2. The number of halogens is 2. The summed E-state index contributed by atoms with van der Waals surface area (Å²) in [5.74, 6) is -0.657. The van der Waals surface area contributed by atoms with Gasteiger partial charge < -0.3 is 15.0 Å². The summed E-state index contributed by atoms with van der Waals surface area (Å²) in [6.45, 7) is 3.40. The molecule has 3 heterocycles. The Morgan fingerprint density at radius 3 is 2.58 bits per heavy atom. The van der Waals surface area contributed by atoms with E-state index in [-0.39, 0.29) is 35.4 Å². The van der Waals surface area contributed by atoms with E-state index in [1.165, 1.54) is 6.20 Å². The van der Waals surface area contributed by atoms with Crippen molar-refractivity contribution < 1.29 is 18.7 Å². The van der Waals surface area contributed by atoms with Gasteiger partial charge in [0.1, 0.15) is 29.5 Å². The van der Waals surface area contributed by atoms with Gasteiger partial charge in [0.2, 0.25) is 5.95 Å². The van der Waals surface area contributed by atoms with Crippen LogP contribution in [0.4, 0.5) is 20.5 Å². The van der Waals surface area contributed by atoms with Crippen molar-refractivity contribution in [1.29, 1.82) is 0 Å². The van der Waals surface area contributed by atoms with Gasteiger partial charge in [-0.3, -0.25) is 4.79 Å². The highest BCUT2D eigenvalue weighted by molar-refractivity contribution is 5.83. The lowest BCUT2D eigenvalue weighted by Gasteiger charge is -2.13. The molecule has 2 N–H and O–H groups in total. The van der Waals surface area contributed by atoms with Crippen molar-refractivity contribution in [3.8, 4) is 11.3 Å². The summed E-state index contributed by atoms with van der Waals surface area (Å²) >= 11 is 0. The molecule has 8 nitrogen and oxygen atoms in total. The van der Waals surface area contributed by atoms with Crippen LogP contribution in [0.1, 0.15) is 36.1 Å². The van der Waals surface area contributed by atoms with Gasteiger partial charge in [0.05, 0.1) is 11.7 Å². The van der Waals surface area contributed by atoms with Gasteiger partial charge in [0, 0.05) is 23.4 Å². The van der Waals surface area contributed by atoms with Crippen molar-refractivity contribution in [2.75, 3.05) is 5.32 Å². The molecule has 10 heteroatoms. The SMILES string of the molecule is CC(C)n1c(CO)nc2c(F)cc(-c3nc(Nc4ccc(C=O)cn4)ncc3F)cc21. The first kappa shape index (κ1) is 20.5. The van der Waals surface area contributed by atoms with Crippen LogP contribution in [0, 0.1) is 11.6 Å². The normalized spacial score (nSPS) is 11.3. The number of aldehydes is 1. The Morgan fingerprint density at radius 2 is 1.94 bits per heavy atom. The second kappa shape index (κ2) is 8.15. The first-order valence-corrected chi connectivity index (χ1v) is 9.43. The van der Waals surface area contributed by atoms with Crippen LogP contribution in [0.5, 0.6) is 0 Å². The smallest absolute Gasteiger partial charge is 0.229 e. The van der Waals surface area contributed by atoms with Gasteiger partial charge in [-0.25, -0.2) is 28.7 Å². The van der Waals surface area contributed by atoms with Crippen molar-refractivity contribution in [3.05, 3.63) is 59.7 Å². The molecule has 0 saturated carbocycles. The van der Waals surface area contributed by atoms with Crippen LogP contribution in [-0.2, 0) is 6.61 Å². The highest BCUT2D eigenvalue weighted by atomic mass is 19.1. The van der Waals surface area contributed by atoms with Gasteiger partial charge in [0.15, 0.2) is 17.9 Å². The number of hydrogen-bond acceptors (Lipinski definition) is 7. The molecule has 31 heavy (non-hydrogen) atoms. The second-order valence-electron chi connectivity index (χ2n) is 7.09. The molecular formula is C21H18F2N6O2.